The van der Waals surface area contributed by atoms with E-state index in [9.17, 15) is 5.26 Å². The van der Waals surface area contributed by atoms with E-state index in [-0.39, 0.29) is 5.82 Å². The number of nitrogens with one attached hydrogen (secondary N) is 2. The number of tetrazole rings is 1. The van der Waals surface area contributed by atoms with Crippen molar-refractivity contribution in [3.05, 3.63) is 66.1 Å². The number of hydrogen-bond acceptors (Lipinski definition) is 5. The van der Waals surface area contributed by atoms with Gasteiger partial charge in [0.05, 0.1) is 0 Å². The molecule has 0 amide bonds. The molecule has 0 radical (unpaired) electrons. The van der Waals surface area contributed by atoms with Gasteiger partial charge in [0.2, 0.25) is 5.82 Å². The molecule has 6 heteroatoms. The highest BCUT2D eigenvalue weighted by Crippen LogP contribution is 2.28. The SMILES string of the molecule is Cc1cccc(-c2ccccc2NC=C(C#N)c2nn[nH]n2)c1. The van der Waals surface area contributed by atoms with Gasteiger partial charge in [-0.1, -0.05) is 48.0 Å². The molecule has 1 aromatic heterocycles. The fourth-order valence-electron chi connectivity index (χ4n) is 2.25. The number of aryl methyl sites for hydroxylation is 1. The topological polar surface area (TPSA) is 90.3 Å². The van der Waals surface area contributed by atoms with E-state index in [0.29, 0.717) is 5.57 Å². The summed E-state index contributed by atoms with van der Waals surface area (Å²) in [5.41, 5.74) is 4.56. The maximum atomic E-state index is 9.22. The number of H-pyrrole nitrogens is 1. The molecule has 3 rings (SSSR count). The average Bonchev–Trinajstić information content (AvgIpc) is 3.10. The van der Waals surface area contributed by atoms with Gasteiger partial charge >= 0.3 is 0 Å². The summed E-state index contributed by atoms with van der Waals surface area (Å²) in [5.74, 6) is 0.257. The first kappa shape index (κ1) is 14.5. The van der Waals surface area contributed by atoms with Crippen LogP contribution in [0.15, 0.2) is 54.7 Å². The van der Waals surface area contributed by atoms with Crippen molar-refractivity contribution < 1.29 is 0 Å². The molecule has 2 N–H and O–H groups in total. The minimum Gasteiger partial charge on any atom is -0.360 e. The maximum absolute atomic E-state index is 9.22. The second-order valence-corrected chi connectivity index (χ2v) is 4.96. The van der Waals surface area contributed by atoms with Gasteiger partial charge in [0, 0.05) is 17.5 Å². The average molecular weight is 302 g/mol. The Bertz CT molecular complexity index is 874. The molecule has 0 aliphatic rings. The van der Waals surface area contributed by atoms with E-state index in [1.54, 1.807) is 6.20 Å². The Morgan fingerprint density at radius 1 is 1.22 bits per heavy atom. The van der Waals surface area contributed by atoms with Gasteiger partial charge in [-0.2, -0.15) is 10.5 Å². The van der Waals surface area contributed by atoms with E-state index in [4.69, 9.17) is 0 Å². The van der Waals surface area contributed by atoms with Crippen LogP contribution in [0.5, 0.6) is 0 Å². The predicted octanol–water partition coefficient (Wildman–Crippen LogP) is 3.15. The number of aromatic nitrogens is 4. The first-order valence-electron chi connectivity index (χ1n) is 7.04. The third kappa shape index (κ3) is 3.24. The quantitative estimate of drug-likeness (QED) is 0.722. The van der Waals surface area contributed by atoms with Crippen LogP contribution in [-0.2, 0) is 0 Å². The molecular formula is C17H14N6. The molecule has 3 aromatic rings. The Morgan fingerprint density at radius 2 is 2.09 bits per heavy atom. The fraction of sp³-hybridized carbons (Fsp3) is 0.0588. The number of para-hydroxylation sites is 1. The number of anilines is 1. The molecule has 112 valence electrons. The molecule has 23 heavy (non-hydrogen) atoms. The normalized spacial score (nSPS) is 11.0. The molecule has 2 aromatic carbocycles. The number of rotatable bonds is 4. The van der Waals surface area contributed by atoms with E-state index in [0.717, 1.165) is 16.8 Å². The summed E-state index contributed by atoms with van der Waals surface area (Å²) >= 11 is 0. The number of benzene rings is 2. The van der Waals surface area contributed by atoms with Crippen molar-refractivity contribution >= 4 is 11.3 Å². The highest BCUT2D eigenvalue weighted by atomic mass is 15.5. The lowest BCUT2D eigenvalue weighted by Crippen LogP contribution is -1.95. The van der Waals surface area contributed by atoms with Crippen LogP contribution in [0.4, 0.5) is 5.69 Å². The smallest absolute Gasteiger partial charge is 0.216 e. The van der Waals surface area contributed by atoms with Gasteiger partial charge in [-0.25, -0.2) is 0 Å². The fourth-order valence-corrected chi connectivity index (χ4v) is 2.25. The van der Waals surface area contributed by atoms with Gasteiger partial charge in [0.15, 0.2) is 0 Å². The summed E-state index contributed by atoms with van der Waals surface area (Å²) in [7, 11) is 0. The first-order valence-corrected chi connectivity index (χ1v) is 7.04. The van der Waals surface area contributed by atoms with E-state index in [1.165, 1.54) is 5.56 Å². The molecule has 0 aliphatic carbocycles. The van der Waals surface area contributed by atoms with Crippen molar-refractivity contribution in [2.24, 2.45) is 0 Å². The van der Waals surface area contributed by atoms with Crippen molar-refractivity contribution in [3.63, 3.8) is 0 Å². The highest BCUT2D eigenvalue weighted by molar-refractivity contribution is 5.81. The molecule has 0 bridgehead atoms. The van der Waals surface area contributed by atoms with Crippen LogP contribution in [0.2, 0.25) is 0 Å². The minimum atomic E-state index is 0.257. The van der Waals surface area contributed by atoms with Gasteiger partial charge in [-0.15, -0.1) is 10.2 Å². The Morgan fingerprint density at radius 3 is 2.83 bits per heavy atom. The Kier molecular flexibility index (Phi) is 4.11. The third-order valence-corrected chi connectivity index (χ3v) is 3.33. The summed E-state index contributed by atoms with van der Waals surface area (Å²) in [6.45, 7) is 2.06. The van der Waals surface area contributed by atoms with Crippen LogP contribution in [0.25, 0.3) is 16.7 Å². The molecule has 0 spiro atoms. The lowest BCUT2D eigenvalue weighted by Gasteiger charge is -2.10. The highest BCUT2D eigenvalue weighted by Gasteiger charge is 2.07. The van der Waals surface area contributed by atoms with Gasteiger partial charge in [-0.05, 0) is 23.8 Å². The van der Waals surface area contributed by atoms with E-state index in [1.807, 2.05) is 30.3 Å². The van der Waals surface area contributed by atoms with Crippen molar-refractivity contribution in [3.8, 4) is 17.2 Å². The van der Waals surface area contributed by atoms with E-state index in [2.05, 4.69) is 57.1 Å². The van der Waals surface area contributed by atoms with Crippen LogP contribution in [0.1, 0.15) is 11.4 Å². The van der Waals surface area contributed by atoms with Crippen LogP contribution in [-0.4, -0.2) is 20.6 Å². The largest absolute Gasteiger partial charge is 0.360 e. The van der Waals surface area contributed by atoms with E-state index < -0.39 is 0 Å². The third-order valence-electron chi connectivity index (χ3n) is 3.33. The van der Waals surface area contributed by atoms with Crippen molar-refractivity contribution in [1.29, 1.82) is 5.26 Å². The van der Waals surface area contributed by atoms with Gasteiger partial charge in [-0.3, -0.25) is 0 Å². The Balaban J connectivity index is 1.94. The van der Waals surface area contributed by atoms with E-state index >= 15 is 0 Å². The van der Waals surface area contributed by atoms with Gasteiger partial charge < -0.3 is 5.32 Å². The Hall–Kier alpha value is -3.46. The number of allylic oxidation sites excluding steroid dienone is 1. The molecule has 0 atom stereocenters. The lowest BCUT2D eigenvalue weighted by molar-refractivity contribution is 0.881. The predicted molar refractivity (Wildman–Crippen MR) is 88.0 cm³/mol. The number of nitrogens with zero attached hydrogens (tertiary/aromatic N) is 4. The zero-order valence-electron chi connectivity index (χ0n) is 12.5. The summed E-state index contributed by atoms with van der Waals surface area (Å²) in [5, 5.41) is 25.8. The Labute approximate surface area is 133 Å². The minimum absolute atomic E-state index is 0.257. The number of nitriles is 1. The van der Waals surface area contributed by atoms with Gasteiger partial charge in [0.1, 0.15) is 11.6 Å². The first-order chi connectivity index (χ1) is 11.3. The second-order valence-electron chi connectivity index (χ2n) is 4.96. The van der Waals surface area contributed by atoms with Crippen molar-refractivity contribution in [2.75, 3.05) is 5.32 Å². The molecule has 6 nitrogen and oxygen atoms in total. The summed E-state index contributed by atoms with van der Waals surface area (Å²) in [6, 6.07) is 18.2. The molecular weight excluding hydrogens is 288 g/mol. The van der Waals surface area contributed by atoms with Crippen LogP contribution >= 0.6 is 0 Å². The number of hydrogen-bond donors (Lipinski definition) is 2. The zero-order valence-corrected chi connectivity index (χ0v) is 12.5. The molecule has 0 saturated heterocycles. The number of aromatic amines is 1. The van der Waals surface area contributed by atoms with Crippen LogP contribution in [0.3, 0.4) is 0 Å². The maximum Gasteiger partial charge on any atom is 0.216 e. The summed E-state index contributed by atoms with van der Waals surface area (Å²) in [6.07, 6.45) is 1.58. The molecule has 1 heterocycles. The van der Waals surface area contributed by atoms with Crippen LogP contribution in [0, 0.1) is 18.3 Å². The van der Waals surface area contributed by atoms with Crippen molar-refractivity contribution in [1.82, 2.24) is 20.6 Å². The zero-order chi connectivity index (χ0) is 16.1. The van der Waals surface area contributed by atoms with Crippen molar-refractivity contribution in [2.45, 2.75) is 6.92 Å². The summed E-state index contributed by atoms with van der Waals surface area (Å²) in [4.78, 5) is 0. The molecule has 0 unspecified atom stereocenters. The summed E-state index contributed by atoms with van der Waals surface area (Å²) < 4.78 is 0. The molecule has 0 saturated carbocycles. The lowest BCUT2D eigenvalue weighted by atomic mass is 10.0. The monoisotopic (exact) mass is 302 g/mol. The second kappa shape index (κ2) is 6.54. The molecule has 0 fully saturated rings. The van der Waals surface area contributed by atoms with Crippen LogP contribution < -0.4 is 5.32 Å². The molecule has 0 aliphatic heterocycles. The standard InChI is InChI=1S/C17H14N6/c1-12-5-4-6-13(9-12)15-7-2-3-8-16(15)19-11-14(10-18)17-20-22-23-21-17/h2-9,11,19H,1H3,(H,20,21,22,23). The van der Waals surface area contributed by atoms with Gasteiger partial charge in [0.25, 0.3) is 0 Å².